The number of hydrogen-bond acceptors (Lipinski definition) is 4. The Kier molecular flexibility index (Phi) is 4.78. The zero-order chi connectivity index (χ0) is 12.0. The van der Waals surface area contributed by atoms with Gasteiger partial charge in [-0.2, -0.15) is 0 Å². The predicted octanol–water partition coefficient (Wildman–Crippen LogP) is 0.813. The Labute approximate surface area is 99.0 Å². The topological polar surface area (TPSA) is 70.2 Å². The number of hydrogen-bond donors (Lipinski definition) is 2. The lowest BCUT2D eigenvalue weighted by atomic mass is 10.6. The van der Waals surface area contributed by atoms with E-state index >= 15 is 0 Å². The van der Waals surface area contributed by atoms with Gasteiger partial charge >= 0.3 is 6.03 Å². The molecule has 2 N–H and O–H groups in total. The van der Waals surface area contributed by atoms with E-state index in [0.29, 0.717) is 24.1 Å². The van der Waals surface area contributed by atoms with Crippen LogP contribution in [0.5, 0.6) is 0 Å². The van der Waals surface area contributed by atoms with Gasteiger partial charge in [0.25, 0.3) is 0 Å². The number of amides is 2. The molecule has 0 aliphatic carbocycles. The Morgan fingerprint density at radius 2 is 2.00 bits per heavy atom. The molecule has 1 rings (SSSR count). The molecule has 16 heavy (non-hydrogen) atoms. The molecule has 0 spiro atoms. The number of aromatic nitrogens is 2. The van der Waals surface area contributed by atoms with Gasteiger partial charge in [0.1, 0.15) is 0 Å². The van der Waals surface area contributed by atoms with Gasteiger partial charge in [-0.25, -0.2) is 14.8 Å². The highest BCUT2D eigenvalue weighted by Crippen LogP contribution is 2.04. The summed E-state index contributed by atoms with van der Waals surface area (Å²) in [7, 11) is 3.37. The molecular weight excluding hydrogens is 230 g/mol. The summed E-state index contributed by atoms with van der Waals surface area (Å²) in [6.07, 6.45) is 3.02. The Morgan fingerprint density at radius 3 is 2.56 bits per heavy atom. The number of anilines is 1. The Morgan fingerprint density at radius 1 is 1.38 bits per heavy atom. The zero-order valence-electron chi connectivity index (χ0n) is 9.20. The van der Waals surface area contributed by atoms with Crippen molar-refractivity contribution in [3.8, 4) is 0 Å². The highest BCUT2D eigenvalue weighted by atomic mass is 35.5. The van der Waals surface area contributed by atoms with Crippen LogP contribution < -0.4 is 10.6 Å². The summed E-state index contributed by atoms with van der Waals surface area (Å²) in [5.74, 6) is 0.489. The molecule has 0 atom stereocenters. The summed E-state index contributed by atoms with van der Waals surface area (Å²) in [6, 6.07) is -0.126. The number of nitrogens with zero attached hydrogens (tertiary/aromatic N) is 3. The number of carbonyl (C=O) groups excluding carboxylic acids is 1. The van der Waals surface area contributed by atoms with Crippen LogP contribution in [0, 0.1) is 0 Å². The van der Waals surface area contributed by atoms with Crippen molar-refractivity contribution < 1.29 is 4.79 Å². The molecule has 0 saturated heterocycles. The van der Waals surface area contributed by atoms with Crippen LogP contribution in [0.1, 0.15) is 0 Å². The maximum Gasteiger partial charge on any atom is 0.316 e. The summed E-state index contributed by atoms with van der Waals surface area (Å²) in [5, 5.41) is 6.15. The van der Waals surface area contributed by atoms with E-state index in [1.54, 1.807) is 14.1 Å². The van der Waals surface area contributed by atoms with Crippen molar-refractivity contribution in [2.75, 3.05) is 32.5 Å². The van der Waals surface area contributed by atoms with Crippen LogP contribution in [0.15, 0.2) is 12.4 Å². The Balaban J connectivity index is 2.21. The second-order valence-corrected chi connectivity index (χ2v) is 3.71. The summed E-state index contributed by atoms with van der Waals surface area (Å²) in [4.78, 5) is 20.5. The van der Waals surface area contributed by atoms with Crippen molar-refractivity contribution in [1.29, 1.82) is 0 Å². The fourth-order valence-electron chi connectivity index (χ4n) is 0.905. The fraction of sp³-hybridized carbons (Fsp3) is 0.444. The van der Waals surface area contributed by atoms with Gasteiger partial charge in [0, 0.05) is 27.2 Å². The van der Waals surface area contributed by atoms with E-state index in [0.717, 1.165) is 0 Å². The predicted molar refractivity (Wildman–Crippen MR) is 62.6 cm³/mol. The first kappa shape index (κ1) is 12.5. The molecule has 1 heterocycles. The lowest BCUT2D eigenvalue weighted by Crippen LogP contribution is -2.37. The first-order valence-corrected chi connectivity index (χ1v) is 5.14. The van der Waals surface area contributed by atoms with Crippen molar-refractivity contribution in [2.45, 2.75) is 0 Å². The number of halogens is 1. The molecule has 6 nitrogen and oxygen atoms in total. The van der Waals surface area contributed by atoms with E-state index < -0.39 is 0 Å². The molecule has 0 aliphatic heterocycles. The third-order valence-electron chi connectivity index (χ3n) is 1.71. The molecule has 0 fully saturated rings. The van der Waals surface area contributed by atoms with E-state index in [-0.39, 0.29) is 6.03 Å². The van der Waals surface area contributed by atoms with Crippen LogP contribution in [0.4, 0.5) is 10.7 Å². The average Bonchev–Trinajstić information content (AvgIpc) is 2.26. The molecule has 0 radical (unpaired) electrons. The van der Waals surface area contributed by atoms with Gasteiger partial charge < -0.3 is 15.5 Å². The SMILES string of the molecule is CN(C)C(=O)NCCNc1ncc(Cl)cn1. The monoisotopic (exact) mass is 243 g/mol. The van der Waals surface area contributed by atoms with Gasteiger partial charge in [-0.05, 0) is 0 Å². The van der Waals surface area contributed by atoms with Crippen LogP contribution in [0.2, 0.25) is 5.02 Å². The van der Waals surface area contributed by atoms with E-state index in [2.05, 4.69) is 20.6 Å². The van der Waals surface area contributed by atoms with Gasteiger partial charge in [0.15, 0.2) is 0 Å². The van der Waals surface area contributed by atoms with E-state index in [1.165, 1.54) is 17.3 Å². The van der Waals surface area contributed by atoms with Gasteiger partial charge in [-0.15, -0.1) is 0 Å². The van der Waals surface area contributed by atoms with E-state index in [1.807, 2.05) is 0 Å². The van der Waals surface area contributed by atoms with E-state index in [9.17, 15) is 4.79 Å². The Bertz CT molecular complexity index is 340. The number of urea groups is 1. The van der Waals surface area contributed by atoms with Crippen molar-refractivity contribution in [1.82, 2.24) is 20.2 Å². The number of rotatable bonds is 4. The molecule has 88 valence electrons. The summed E-state index contributed by atoms with van der Waals surface area (Å²) < 4.78 is 0. The smallest absolute Gasteiger partial charge is 0.316 e. The number of nitrogens with one attached hydrogen (secondary N) is 2. The van der Waals surface area contributed by atoms with Crippen molar-refractivity contribution >= 4 is 23.6 Å². The Hall–Kier alpha value is -1.56. The molecule has 1 aromatic heterocycles. The van der Waals surface area contributed by atoms with Gasteiger partial charge in [-0.1, -0.05) is 11.6 Å². The number of carbonyl (C=O) groups is 1. The molecule has 7 heteroatoms. The van der Waals surface area contributed by atoms with Crippen LogP contribution in [-0.4, -0.2) is 48.1 Å². The minimum atomic E-state index is -0.126. The molecule has 0 saturated carbocycles. The lowest BCUT2D eigenvalue weighted by molar-refractivity contribution is 0.218. The molecule has 0 aliphatic rings. The third kappa shape index (κ3) is 4.31. The molecule has 0 bridgehead atoms. The van der Waals surface area contributed by atoms with Crippen LogP contribution in [0.3, 0.4) is 0 Å². The fourth-order valence-corrected chi connectivity index (χ4v) is 1.00. The second kappa shape index (κ2) is 6.12. The second-order valence-electron chi connectivity index (χ2n) is 3.28. The average molecular weight is 244 g/mol. The summed E-state index contributed by atoms with van der Waals surface area (Å²) in [5.41, 5.74) is 0. The maximum absolute atomic E-state index is 11.1. The molecule has 0 aromatic carbocycles. The van der Waals surface area contributed by atoms with Crippen molar-refractivity contribution in [2.24, 2.45) is 0 Å². The van der Waals surface area contributed by atoms with Gasteiger partial charge in [0.2, 0.25) is 5.95 Å². The van der Waals surface area contributed by atoms with Crippen LogP contribution >= 0.6 is 11.6 Å². The third-order valence-corrected chi connectivity index (χ3v) is 1.91. The van der Waals surface area contributed by atoms with E-state index in [4.69, 9.17) is 11.6 Å². The summed E-state index contributed by atoms with van der Waals surface area (Å²) in [6.45, 7) is 1.06. The quantitative estimate of drug-likeness (QED) is 0.768. The van der Waals surface area contributed by atoms with Crippen molar-refractivity contribution in [3.63, 3.8) is 0 Å². The van der Waals surface area contributed by atoms with Gasteiger partial charge in [-0.3, -0.25) is 0 Å². The molecule has 0 unspecified atom stereocenters. The maximum atomic E-state index is 11.1. The first-order valence-electron chi connectivity index (χ1n) is 4.76. The van der Waals surface area contributed by atoms with Gasteiger partial charge in [0.05, 0.1) is 17.4 Å². The van der Waals surface area contributed by atoms with Crippen molar-refractivity contribution in [3.05, 3.63) is 17.4 Å². The largest absolute Gasteiger partial charge is 0.352 e. The minimum absolute atomic E-state index is 0.126. The zero-order valence-corrected chi connectivity index (χ0v) is 9.95. The normalized spacial score (nSPS) is 9.69. The standard InChI is InChI=1S/C9H14ClN5O/c1-15(2)9(16)12-4-3-11-8-13-5-7(10)6-14-8/h5-6H,3-4H2,1-2H3,(H,12,16)(H,11,13,14). The lowest BCUT2D eigenvalue weighted by Gasteiger charge is -2.11. The first-order chi connectivity index (χ1) is 7.59. The van der Waals surface area contributed by atoms with Crippen LogP contribution in [-0.2, 0) is 0 Å². The highest BCUT2D eigenvalue weighted by molar-refractivity contribution is 6.30. The summed E-state index contributed by atoms with van der Waals surface area (Å²) >= 11 is 5.63. The molecule has 2 amide bonds. The minimum Gasteiger partial charge on any atom is -0.352 e. The molecular formula is C9H14ClN5O. The van der Waals surface area contributed by atoms with Crippen LogP contribution in [0.25, 0.3) is 0 Å². The highest BCUT2D eigenvalue weighted by Gasteiger charge is 2.01. The molecule has 1 aromatic rings.